The van der Waals surface area contributed by atoms with Gasteiger partial charge in [0.05, 0.1) is 18.5 Å². The smallest absolute Gasteiger partial charge is 0.251 e. The van der Waals surface area contributed by atoms with Gasteiger partial charge in [0, 0.05) is 27.7 Å². The maximum atomic E-state index is 12.5. The Labute approximate surface area is 195 Å². The molecule has 0 heterocycles. The summed E-state index contributed by atoms with van der Waals surface area (Å²) in [5.41, 5.74) is 1.44. The van der Waals surface area contributed by atoms with Crippen LogP contribution in [0.5, 0.6) is 0 Å². The summed E-state index contributed by atoms with van der Waals surface area (Å²) in [6.45, 7) is 4.93. The lowest BCUT2D eigenvalue weighted by atomic mass is 9.99. The Morgan fingerprint density at radius 1 is 1.06 bits per heavy atom. The van der Waals surface area contributed by atoms with E-state index in [1.165, 1.54) is 4.31 Å². The van der Waals surface area contributed by atoms with Gasteiger partial charge in [0.25, 0.3) is 5.91 Å². The van der Waals surface area contributed by atoms with Crippen molar-refractivity contribution in [3.05, 3.63) is 63.6 Å². The lowest BCUT2D eigenvalue weighted by Crippen LogP contribution is -2.30. The molecule has 5 nitrogen and oxygen atoms in total. The highest BCUT2D eigenvalue weighted by Crippen LogP contribution is 2.29. The Kier molecular flexibility index (Phi) is 9.66. The number of unbranched alkanes of at least 4 members (excludes halogenated alkanes) is 1. The second-order valence-electron chi connectivity index (χ2n) is 7.64. The van der Waals surface area contributed by atoms with Gasteiger partial charge in [0.1, 0.15) is 0 Å². The number of carbonyl (C=O) groups is 1. The number of nitrogens with zero attached hydrogens (tertiary/aromatic N) is 1. The summed E-state index contributed by atoms with van der Waals surface area (Å²) in [5, 5.41) is 3.78. The van der Waals surface area contributed by atoms with Crippen LogP contribution >= 0.6 is 23.2 Å². The number of hydrogen-bond donors (Lipinski definition) is 1. The number of sulfonamides is 1. The molecule has 0 aliphatic heterocycles. The highest BCUT2D eigenvalue weighted by atomic mass is 35.5. The Hall–Kier alpha value is -1.76. The summed E-state index contributed by atoms with van der Waals surface area (Å²) in [6.07, 6.45) is 5.54. The van der Waals surface area contributed by atoms with E-state index in [0.29, 0.717) is 39.3 Å². The van der Waals surface area contributed by atoms with Crippen molar-refractivity contribution in [2.45, 2.75) is 46.1 Å². The standard InChI is InChI=1S/C23H30Cl2N2O3S/c1-4-6-8-17(5-2)15-26-23(28)18-11-13-19(14-12-18)27(31(3,29)30)16-20-21(24)9-7-10-22(20)25/h7,9-14,17H,4-6,8,15-16H2,1-3H3,(H,26,28). The van der Waals surface area contributed by atoms with Crippen molar-refractivity contribution >= 4 is 44.8 Å². The summed E-state index contributed by atoms with van der Waals surface area (Å²) >= 11 is 12.4. The molecular formula is C23H30Cl2N2O3S. The van der Waals surface area contributed by atoms with Gasteiger partial charge in [0.15, 0.2) is 0 Å². The van der Waals surface area contributed by atoms with Crippen LogP contribution in [0.1, 0.15) is 55.5 Å². The third-order valence-corrected chi connectivity index (χ3v) is 7.12. The average Bonchev–Trinajstić information content (AvgIpc) is 2.73. The zero-order valence-electron chi connectivity index (χ0n) is 18.2. The molecule has 0 bridgehead atoms. The first kappa shape index (κ1) is 25.5. The van der Waals surface area contributed by atoms with E-state index in [1.807, 2.05) is 0 Å². The second kappa shape index (κ2) is 11.7. The first-order valence-electron chi connectivity index (χ1n) is 10.5. The van der Waals surface area contributed by atoms with E-state index in [9.17, 15) is 13.2 Å². The van der Waals surface area contributed by atoms with E-state index < -0.39 is 10.0 Å². The van der Waals surface area contributed by atoms with Crippen LogP contribution in [-0.2, 0) is 16.6 Å². The van der Waals surface area contributed by atoms with Crippen LogP contribution in [-0.4, -0.2) is 27.1 Å². The molecular weight excluding hydrogens is 455 g/mol. The first-order chi connectivity index (χ1) is 14.7. The molecule has 0 aliphatic carbocycles. The first-order valence-corrected chi connectivity index (χ1v) is 13.1. The fourth-order valence-corrected chi connectivity index (χ4v) is 4.67. The fourth-order valence-electron chi connectivity index (χ4n) is 3.29. The zero-order valence-corrected chi connectivity index (χ0v) is 20.5. The lowest BCUT2D eigenvalue weighted by molar-refractivity contribution is 0.0946. The molecule has 2 aromatic carbocycles. The van der Waals surface area contributed by atoms with Crippen molar-refractivity contribution in [2.75, 3.05) is 17.1 Å². The molecule has 2 aromatic rings. The molecule has 0 radical (unpaired) electrons. The minimum atomic E-state index is -3.60. The summed E-state index contributed by atoms with van der Waals surface area (Å²) in [4.78, 5) is 12.5. The van der Waals surface area contributed by atoms with Crippen molar-refractivity contribution in [2.24, 2.45) is 5.92 Å². The minimum Gasteiger partial charge on any atom is -0.352 e. The molecule has 1 unspecified atom stereocenters. The van der Waals surface area contributed by atoms with Gasteiger partial charge in [0.2, 0.25) is 10.0 Å². The van der Waals surface area contributed by atoms with Gasteiger partial charge in [-0.1, -0.05) is 62.4 Å². The number of rotatable bonds is 11. The molecule has 0 spiro atoms. The Morgan fingerprint density at radius 3 is 2.19 bits per heavy atom. The largest absolute Gasteiger partial charge is 0.352 e. The van der Waals surface area contributed by atoms with Crippen LogP contribution < -0.4 is 9.62 Å². The molecule has 0 saturated carbocycles. The Morgan fingerprint density at radius 2 is 1.68 bits per heavy atom. The van der Waals surface area contributed by atoms with Crippen LogP contribution in [0.2, 0.25) is 10.0 Å². The number of hydrogen-bond acceptors (Lipinski definition) is 3. The van der Waals surface area contributed by atoms with Crippen molar-refractivity contribution < 1.29 is 13.2 Å². The van der Waals surface area contributed by atoms with E-state index in [-0.39, 0.29) is 12.5 Å². The van der Waals surface area contributed by atoms with Gasteiger partial charge < -0.3 is 5.32 Å². The predicted molar refractivity (Wildman–Crippen MR) is 130 cm³/mol. The molecule has 1 atom stereocenters. The highest BCUT2D eigenvalue weighted by molar-refractivity contribution is 7.92. The highest BCUT2D eigenvalue weighted by Gasteiger charge is 2.21. The number of halogens is 2. The van der Waals surface area contributed by atoms with E-state index in [1.54, 1.807) is 42.5 Å². The molecule has 0 saturated heterocycles. The minimum absolute atomic E-state index is 0.00150. The van der Waals surface area contributed by atoms with Gasteiger partial charge >= 0.3 is 0 Å². The summed E-state index contributed by atoms with van der Waals surface area (Å²) < 4.78 is 26.1. The van der Waals surface area contributed by atoms with Crippen molar-refractivity contribution in [1.82, 2.24) is 5.32 Å². The van der Waals surface area contributed by atoms with E-state index in [2.05, 4.69) is 19.2 Å². The molecule has 0 aromatic heterocycles. The predicted octanol–water partition coefficient (Wildman–Crippen LogP) is 5.91. The molecule has 1 N–H and O–H groups in total. The van der Waals surface area contributed by atoms with Crippen LogP contribution in [0.15, 0.2) is 42.5 Å². The van der Waals surface area contributed by atoms with Gasteiger partial charge in [-0.2, -0.15) is 0 Å². The Bertz CT molecular complexity index is 959. The topological polar surface area (TPSA) is 66.5 Å². The monoisotopic (exact) mass is 484 g/mol. The molecule has 1 amide bonds. The van der Waals surface area contributed by atoms with E-state index in [0.717, 1.165) is 31.9 Å². The van der Waals surface area contributed by atoms with Crippen LogP contribution in [0.25, 0.3) is 0 Å². The van der Waals surface area contributed by atoms with E-state index >= 15 is 0 Å². The SMILES string of the molecule is CCCCC(CC)CNC(=O)c1ccc(N(Cc2c(Cl)cccc2Cl)S(C)(=O)=O)cc1. The maximum Gasteiger partial charge on any atom is 0.251 e. The van der Waals surface area contributed by atoms with Crippen molar-refractivity contribution in [3.63, 3.8) is 0 Å². The summed E-state index contributed by atoms with van der Waals surface area (Å²) in [7, 11) is -3.60. The quantitative estimate of drug-likeness (QED) is 0.431. The van der Waals surface area contributed by atoms with Gasteiger partial charge in [-0.3, -0.25) is 9.10 Å². The van der Waals surface area contributed by atoms with Crippen LogP contribution in [0.3, 0.4) is 0 Å². The number of carbonyl (C=O) groups excluding carboxylic acids is 1. The van der Waals surface area contributed by atoms with E-state index in [4.69, 9.17) is 23.2 Å². The van der Waals surface area contributed by atoms with Crippen molar-refractivity contribution in [1.29, 1.82) is 0 Å². The third-order valence-electron chi connectivity index (χ3n) is 5.28. The van der Waals surface area contributed by atoms with Crippen molar-refractivity contribution in [3.8, 4) is 0 Å². The molecule has 0 aliphatic rings. The molecule has 2 rings (SSSR count). The number of amides is 1. The summed E-state index contributed by atoms with van der Waals surface area (Å²) in [5.74, 6) is 0.297. The average molecular weight is 485 g/mol. The molecule has 31 heavy (non-hydrogen) atoms. The second-order valence-corrected chi connectivity index (χ2v) is 10.4. The number of benzene rings is 2. The molecule has 170 valence electrons. The zero-order chi connectivity index (χ0) is 23.0. The summed E-state index contributed by atoms with van der Waals surface area (Å²) in [6, 6.07) is 11.5. The normalized spacial score (nSPS) is 12.4. The molecule has 0 fully saturated rings. The number of anilines is 1. The van der Waals surface area contributed by atoms with Crippen LogP contribution in [0.4, 0.5) is 5.69 Å². The van der Waals surface area contributed by atoms with Gasteiger partial charge in [-0.05, 0) is 48.7 Å². The Balaban J connectivity index is 2.15. The van der Waals surface area contributed by atoms with Crippen LogP contribution in [0, 0.1) is 5.92 Å². The fraction of sp³-hybridized carbons (Fsp3) is 0.435. The number of nitrogens with one attached hydrogen (secondary N) is 1. The molecule has 8 heteroatoms. The maximum absolute atomic E-state index is 12.5. The lowest BCUT2D eigenvalue weighted by Gasteiger charge is -2.24. The van der Waals surface area contributed by atoms with Gasteiger partial charge in [-0.25, -0.2) is 8.42 Å². The third kappa shape index (κ3) is 7.41. The van der Waals surface area contributed by atoms with Gasteiger partial charge in [-0.15, -0.1) is 0 Å².